The van der Waals surface area contributed by atoms with Crippen LogP contribution >= 0.6 is 11.3 Å². The van der Waals surface area contributed by atoms with Crippen molar-refractivity contribution in [3.63, 3.8) is 0 Å². The van der Waals surface area contributed by atoms with Gasteiger partial charge >= 0.3 is 0 Å². The normalized spacial score (nSPS) is 10.7. The quantitative estimate of drug-likeness (QED) is 0.861. The van der Waals surface area contributed by atoms with Crippen molar-refractivity contribution in [2.24, 2.45) is 0 Å². The first kappa shape index (κ1) is 14.3. The zero-order valence-corrected chi connectivity index (χ0v) is 12.2. The highest BCUT2D eigenvalue weighted by Crippen LogP contribution is 2.12. The fourth-order valence-electron chi connectivity index (χ4n) is 1.61. The van der Waals surface area contributed by atoms with Crippen LogP contribution in [0, 0.1) is 6.92 Å². The molecule has 0 unspecified atom stereocenters. The lowest BCUT2D eigenvalue weighted by Gasteiger charge is -2.00. The molecule has 4 nitrogen and oxygen atoms in total. The van der Waals surface area contributed by atoms with E-state index >= 15 is 0 Å². The summed E-state index contributed by atoms with van der Waals surface area (Å²) < 4.78 is 5.07. The lowest BCUT2D eigenvalue weighted by molar-refractivity contribution is -0.116. The average molecular weight is 288 g/mol. The minimum Gasteiger partial charge on any atom is -0.497 e. The van der Waals surface area contributed by atoms with Crippen molar-refractivity contribution in [3.8, 4) is 5.75 Å². The zero-order valence-electron chi connectivity index (χ0n) is 11.4. The lowest BCUT2D eigenvalue weighted by Crippen LogP contribution is -2.20. The molecule has 20 heavy (non-hydrogen) atoms. The largest absolute Gasteiger partial charge is 0.497 e. The number of rotatable bonds is 5. The van der Waals surface area contributed by atoms with Crippen LogP contribution in [-0.2, 0) is 11.3 Å². The van der Waals surface area contributed by atoms with Gasteiger partial charge in [-0.3, -0.25) is 4.79 Å². The Labute approximate surface area is 122 Å². The molecular weight excluding hydrogens is 272 g/mol. The maximum absolute atomic E-state index is 11.7. The van der Waals surface area contributed by atoms with Crippen molar-refractivity contribution in [2.45, 2.75) is 13.5 Å². The first-order valence-electron chi connectivity index (χ1n) is 6.18. The third kappa shape index (κ3) is 4.20. The van der Waals surface area contributed by atoms with Gasteiger partial charge in [-0.2, -0.15) is 0 Å². The summed E-state index contributed by atoms with van der Waals surface area (Å²) >= 11 is 1.58. The molecule has 0 fully saturated rings. The molecule has 104 valence electrons. The summed E-state index contributed by atoms with van der Waals surface area (Å²) in [6.07, 6.45) is 3.28. The van der Waals surface area contributed by atoms with Gasteiger partial charge in [0, 0.05) is 11.5 Å². The van der Waals surface area contributed by atoms with E-state index in [0.717, 1.165) is 22.0 Å². The second-order valence-corrected chi connectivity index (χ2v) is 5.24. The van der Waals surface area contributed by atoms with E-state index in [1.165, 1.54) is 6.08 Å². The number of hydrogen-bond donors (Lipinski definition) is 1. The number of benzene rings is 1. The summed E-state index contributed by atoms with van der Waals surface area (Å²) in [5.74, 6) is 0.664. The van der Waals surface area contributed by atoms with E-state index in [9.17, 15) is 4.79 Å². The van der Waals surface area contributed by atoms with E-state index in [1.807, 2.05) is 36.6 Å². The van der Waals surface area contributed by atoms with Gasteiger partial charge in [0.1, 0.15) is 5.75 Å². The predicted molar refractivity (Wildman–Crippen MR) is 80.7 cm³/mol. The summed E-state index contributed by atoms with van der Waals surface area (Å²) in [4.78, 5) is 16.0. The number of methoxy groups -OCH3 is 1. The van der Waals surface area contributed by atoms with E-state index in [-0.39, 0.29) is 5.91 Å². The van der Waals surface area contributed by atoms with Gasteiger partial charge in [-0.05, 0) is 30.7 Å². The number of hydrogen-bond acceptors (Lipinski definition) is 4. The van der Waals surface area contributed by atoms with Crippen molar-refractivity contribution in [1.82, 2.24) is 10.3 Å². The minimum atomic E-state index is -0.133. The molecule has 0 atom stereocenters. The van der Waals surface area contributed by atoms with Crippen molar-refractivity contribution in [3.05, 3.63) is 52.0 Å². The highest BCUT2D eigenvalue weighted by atomic mass is 32.1. The number of amides is 1. The van der Waals surface area contributed by atoms with Gasteiger partial charge < -0.3 is 10.1 Å². The molecule has 2 rings (SSSR count). The molecule has 1 aromatic carbocycles. The third-order valence-electron chi connectivity index (χ3n) is 2.65. The molecule has 0 saturated carbocycles. The Morgan fingerprint density at radius 1 is 1.40 bits per heavy atom. The number of thiazole rings is 1. The number of ether oxygens (including phenoxy) is 1. The van der Waals surface area contributed by atoms with Gasteiger partial charge in [-0.25, -0.2) is 4.98 Å². The lowest BCUT2D eigenvalue weighted by atomic mass is 10.2. The van der Waals surface area contributed by atoms with Crippen LogP contribution in [0.15, 0.2) is 35.7 Å². The van der Waals surface area contributed by atoms with Gasteiger partial charge in [0.25, 0.3) is 0 Å². The van der Waals surface area contributed by atoms with E-state index in [1.54, 1.807) is 24.5 Å². The molecule has 0 aliphatic heterocycles. The summed E-state index contributed by atoms with van der Waals surface area (Å²) in [5.41, 5.74) is 1.84. The van der Waals surface area contributed by atoms with Crippen LogP contribution in [0.2, 0.25) is 0 Å². The highest BCUT2D eigenvalue weighted by molar-refractivity contribution is 7.09. The van der Waals surface area contributed by atoms with Crippen LogP contribution in [0.3, 0.4) is 0 Å². The Bertz CT molecular complexity index is 603. The number of nitrogens with zero attached hydrogens (tertiary/aromatic N) is 1. The molecule has 0 aliphatic rings. The molecule has 0 saturated heterocycles. The number of carbonyl (C=O) groups excluding carboxylic acids is 1. The number of carbonyl (C=O) groups is 1. The first-order chi connectivity index (χ1) is 9.67. The molecular formula is C15H16N2O2S. The number of aryl methyl sites for hydroxylation is 1. The molecule has 5 heteroatoms. The highest BCUT2D eigenvalue weighted by Gasteiger charge is 2.00. The summed E-state index contributed by atoms with van der Waals surface area (Å²) in [6.45, 7) is 2.40. The predicted octanol–water partition coefficient (Wildman–Crippen LogP) is 2.79. The molecule has 1 amide bonds. The molecule has 2 aromatic rings. The summed E-state index contributed by atoms with van der Waals surface area (Å²) in [6, 6.07) is 7.50. The molecule has 0 spiro atoms. The van der Waals surface area contributed by atoms with Gasteiger partial charge in [-0.15, -0.1) is 11.3 Å². The monoisotopic (exact) mass is 288 g/mol. The van der Waals surface area contributed by atoms with E-state index in [0.29, 0.717) is 6.54 Å². The molecule has 1 N–H and O–H groups in total. The van der Waals surface area contributed by atoms with Crippen molar-refractivity contribution in [2.75, 3.05) is 7.11 Å². The number of aromatic nitrogens is 1. The maximum Gasteiger partial charge on any atom is 0.244 e. The van der Waals surface area contributed by atoms with Gasteiger partial charge in [0.2, 0.25) is 5.91 Å². The Kier molecular flexibility index (Phi) is 4.90. The van der Waals surface area contributed by atoms with Crippen molar-refractivity contribution >= 4 is 23.3 Å². The smallest absolute Gasteiger partial charge is 0.244 e. The Balaban J connectivity index is 1.85. The zero-order chi connectivity index (χ0) is 14.4. The van der Waals surface area contributed by atoms with E-state index in [2.05, 4.69) is 10.3 Å². The Morgan fingerprint density at radius 2 is 2.15 bits per heavy atom. The van der Waals surface area contributed by atoms with Crippen LogP contribution in [-0.4, -0.2) is 18.0 Å². The third-order valence-corrected chi connectivity index (χ3v) is 3.48. The van der Waals surface area contributed by atoms with Crippen LogP contribution in [0.1, 0.15) is 16.3 Å². The Morgan fingerprint density at radius 3 is 2.75 bits per heavy atom. The SMILES string of the molecule is COc1ccc(/C=C/C(=O)NCc2csc(C)n2)cc1. The van der Waals surface area contributed by atoms with Gasteiger partial charge in [-0.1, -0.05) is 12.1 Å². The van der Waals surface area contributed by atoms with Gasteiger partial charge in [0.05, 0.1) is 24.4 Å². The summed E-state index contributed by atoms with van der Waals surface area (Å²) in [5, 5.41) is 5.75. The van der Waals surface area contributed by atoms with Crippen molar-refractivity contribution < 1.29 is 9.53 Å². The summed E-state index contributed by atoms with van der Waals surface area (Å²) in [7, 11) is 1.62. The standard InChI is InChI=1S/C15H16N2O2S/c1-11-17-13(10-20-11)9-16-15(18)8-5-12-3-6-14(19-2)7-4-12/h3-8,10H,9H2,1-2H3,(H,16,18)/b8-5+. The van der Waals surface area contributed by atoms with E-state index in [4.69, 9.17) is 4.74 Å². The van der Waals surface area contributed by atoms with Gasteiger partial charge in [0.15, 0.2) is 0 Å². The molecule has 0 aliphatic carbocycles. The van der Waals surface area contributed by atoms with Crippen LogP contribution < -0.4 is 10.1 Å². The molecule has 1 aromatic heterocycles. The topological polar surface area (TPSA) is 51.2 Å². The molecule has 0 radical (unpaired) electrons. The molecule has 0 bridgehead atoms. The Hall–Kier alpha value is -2.14. The fraction of sp³-hybridized carbons (Fsp3) is 0.200. The fourth-order valence-corrected chi connectivity index (χ4v) is 2.23. The van der Waals surface area contributed by atoms with Crippen LogP contribution in [0.25, 0.3) is 6.08 Å². The van der Waals surface area contributed by atoms with Crippen molar-refractivity contribution in [1.29, 1.82) is 0 Å². The average Bonchev–Trinajstić information content (AvgIpc) is 2.89. The number of nitrogens with one attached hydrogen (secondary N) is 1. The van der Waals surface area contributed by atoms with Crippen LogP contribution in [0.5, 0.6) is 5.75 Å². The second kappa shape index (κ2) is 6.86. The molecule has 1 heterocycles. The minimum absolute atomic E-state index is 0.133. The second-order valence-electron chi connectivity index (χ2n) is 4.18. The maximum atomic E-state index is 11.7. The first-order valence-corrected chi connectivity index (χ1v) is 7.06. The van der Waals surface area contributed by atoms with Crippen LogP contribution in [0.4, 0.5) is 0 Å². The van der Waals surface area contributed by atoms with E-state index < -0.39 is 0 Å².